The molecule has 0 atom stereocenters. The van der Waals surface area contributed by atoms with Crippen LogP contribution in [0.5, 0.6) is 0 Å². The molecule has 0 fully saturated rings. The first-order valence-electron chi connectivity index (χ1n) is 5.69. The van der Waals surface area contributed by atoms with Gasteiger partial charge in [-0.05, 0) is 24.3 Å². The standard InChI is InChI=1S/C14H12FN3/c1-18(13-9-5-2-6-10(13)15)14-16-11-7-3-4-8-12(11)17-14/h2-9H,1H3,(H,16,17). The van der Waals surface area contributed by atoms with Gasteiger partial charge in [-0.25, -0.2) is 9.37 Å². The van der Waals surface area contributed by atoms with Gasteiger partial charge in [0, 0.05) is 7.05 Å². The number of nitrogens with zero attached hydrogens (tertiary/aromatic N) is 2. The molecule has 0 amide bonds. The minimum absolute atomic E-state index is 0.263. The Bertz CT molecular complexity index is 657. The van der Waals surface area contributed by atoms with Crippen LogP contribution in [0, 0.1) is 5.82 Å². The van der Waals surface area contributed by atoms with Gasteiger partial charge in [0.05, 0.1) is 16.7 Å². The van der Waals surface area contributed by atoms with E-state index in [9.17, 15) is 4.39 Å². The quantitative estimate of drug-likeness (QED) is 0.745. The topological polar surface area (TPSA) is 31.9 Å². The van der Waals surface area contributed by atoms with Gasteiger partial charge in [-0.2, -0.15) is 0 Å². The van der Waals surface area contributed by atoms with Crippen LogP contribution < -0.4 is 4.90 Å². The number of rotatable bonds is 2. The summed E-state index contributed by atoms with van der Waals surface area (Å²) in [7, 11) is 1.79. The first-order chi connectivity index (χ1) is 8.75. The Hall–Kier alpha value is -2.36. The molecule has 0 radical (unpaired) electrons. The molecule has 0 aliphatic rings. The molecule has 0 spiro atoms. The summed E-state index contributed by atoms with van der Waals surface area (Å²) >= 11 is 0. The van der Waals surface area contributed by atoms with E-state index >= 15 is 0 Å². The van der Waals surface area contributed by atoms with Gasteiger partial charge in [-0.3, -0.25) is 0 Å². The fourth-order valence-electron chi connectivity index (χ4n) is 1.94. The normalized spacial score (nSPS) is 10.8. The molecule has 1 heterocycles. The van der Waals surface area contributed by atoms with Crippen LogP contribution in [0.1, 0.15) is 0 Å². The van der Waals surface area contributed by atoms with E-state index in [-0.39, 0.29) is 5.82 Å². The molecule has 1 N–H and O–H groups in total. The van der Waals surface area contributed by atoms with Crippen LogP contribution in [0.15, 0.2) is 48.5 Å². The summed E-state index contributed by atoms with van der Waals surface area (Å²) in [6.07, 6.45) is 0. The highest BCUT2D eigenvalue weighted by Gasteiger charge is 2.12. The van der Waals surface area contributed by atoms with Crippen LogP contribution in [0.25, 0.3) is 11.0 Å². The second kappa shape index (κ2) is 4.14. The Morgan fingerprint density at radius 2 is 1.78 bits per heavy atom. The monoisotopic (exact) mass is 241 g/mol. The van der Waals surface area contributed by atoms with Gasteiger partial charge in [-0.1, -0.05) is 24.3 Å². The first kappa shape index (κ1) is 10.8. The van der Waals surface area contributed by atoms with Crippen molar-refractivity contribution in [1.29, 1.82) is 0 Å². The van der Waals surface area contributed by atoms with Crippen LogP contribution in [0.4, 0.5) is 16.0 Å². The fourth-order valence-corrected chi connectivity index (χ4v) is 1.94. The van der Waals surface area contributed by atoms with Crippen LogP contribution in [0.2, 0.25) is 0 Å². The predicted octanol–water partition coefficient (Wildman–Crippen LogP) is 3.47. The Labute approximate surface area is 104 Å². The van der Waals surface area contributed by atoms with Gasteiger partial charge in [0.1, 0.15) is 5.82 Å². The van der Waals surface area contributed by atoms with Gasteiger partial charge >= 0.3 is 0 Å². The predicted molar refractivity (Wildman–Crippen MR) is 70.6 cm³/mol. The third-order valence-electron chi connectivity index (χ3n) is 2.91. The lowest BCUT2D eigenvalue weighted by atomic mass is 10.3. The van der Waals surface area contributed by atoms with Crippen molar-refractivity contribution in [3.8, 4) is 0 Å². The van der Waals surface area contributed by atoms with Crippen molar-refractivity contribution in [2.45, 2.75) is 0 Å². The van der Waals surface area contributed by atoms with E-state index in [1.165, 1.54) is 6.07 Å². The Morgan fingerprint density at radius 1 is 1.06 bits per heavy atom. The van der Waals surface area contributed by atoms with Crippen LogP contribution in [0.3, 0.4) is 0 Å². The lowest BCUT2D eigenvalue weighted by Crippen LogP contribution is -2.12. The molecule has 18 heavy (non-hydrogen) atoms. The second-order valence-electron chi connectivity index (χ2n) is 4.09. The van der Waals surface area contributed by atoms with Gasteiger partial charge in [0.25, 0.3) is 0 Å². The number of nitrogens with one attached hydrogen (secondary N) is 1. The van der Waals surface area contributed by atoms with Crippen molar-refractivity contribution >= 4 is 22.7 Å². The van der Waals surface area contributed by atoms with E-state index in [1.54, 1.807) is 30.1 Å². The smallest absolute Gasteiger partial charge is 0.208 e. The van der Waals surface area contributed by atoms with Gasteiger partial charge < -0.3 is 9.88 Å². The number of para-hydroxylation sites is 3. The summed E-state index contributed by atoms with van der Waals surface area (Å²) in [6.45, 7) is 0. The maximum absolute atomic E-state index is 13.7. The van der Waals surface area contributed by atoms with Crippen molar-refractivity contribution in [2.24, 2.45) is 0 Å². The number of hydrogen-bond acceptors (Lipinski definition) is 2. The Balaban J connectivity index is 2.07. The molecule has 4 heteroatoms. The zero-order valence-corrected chi connectivity index (χ0v) is 9.89. The van der Waals surface area contributed by atoms with Crippen LogP contribution in [-0.4, -0.2) is 17.0 Å². The van der Waals surface area contributed by atoms with E-state index in [4.69, 9.17) is 0 Å². The number of halogens is 1. The van der Waals surface area contributed by atoms with E-state index in [2.05, 4.69) is 9.97 Å². The van der Waals surface area contributed by atoms with Crippen molar-refractivity contribution < 1.29 is 4.39 Å². The number of anilines is 2. The third-order valence-corrected chi connectivity index (χ3v) is 2.91. The van der Waals surface area contributed by atoms with Crippen molar-refractivity contribution in [3.05, 3.63) is 54.3 Å². The average molecular weight is 241 g/mol. The maximum Gasteiger partial charge on any atom is 0.208 e. The average Bonchev–Trinajstić information content (AvgIpc) is 2.82. The molecule has 0 aliphatic carbocycles. The molecule has 0 saturated carbocycles. The number of benzene rings is 2. The highest BCUT2D eigenvalue weighted by Crippen LogP contribution is 2.25. The van der Waals surface area contributed by atoms with E-state index in [1.807, 2.05) is 24.3 Å². The number of aromatic amines is 1. The summed E-state index contributed by atoms with van der Waals surface area (Å²) in [5.41, 5.74) is 2.31. The summed E-state index contributed by atoms with van der Waals surface area (Å²) in [6, 6.07) is 14.4. The molecular weight excluding hydrogens is 229 g/mol. The lowest BCUT2D eigenvalue weighted by molar-refractivity contribution is 0.627. The molecule has 2 aromatic carbocycles. The van der Waals surface area contributed by atoms with E-state index in [0.29, 0.717) is 11.6 Å². The summed E-state index contributed by atoms with van der Waals surface area (Å²) in [4.78, 5) is 9.31. The molecule has 0 unspecified atom stereocenters. The largest absolute Gasteiger partial charge is 0.324 e. The third kappa shape index (κ3) is 1.72. The zero-order chi connectivity index (χ0) is 12.5. The minimum Gasteiger partial charge on any atom is -0.324 e. The number of imidazole rings is 1. The second-order valence-corrected chi connectivity index (χ2v) is 4.09. The van der Waals surface area contributed by atoms with Gasteiger partial charge in [0.2, 0.25) is 5.95 Å². The molecule has 1 aromatic heterocycles. The van der Waals surface area contributed by atoms with E-state index in [0.717, 1.165) is 11.0 Å². The molecule has 3 aromatic rings. The van der Waals surface area contributed by atoms with Gasteiger partial charge in [0.15, 0.2) is 0 Å². The molecule has 0 saturated heterocycles. The van der Waals surface area contributed by atoms with Crippen LogP contribution >= 0.6 is 0 Å². The zero-order valence-electron chi connectivity index (χ0n) is 9.89. The molecule has 3 rings (SSSR count). The summed E-state index contributed by atoms with van der Waals surface area (Å²) in [5.74, 6) is 0.363. The molecule has 3 nitrogen and oxygen atoms in total. The minimum atomic E-state index is -0.263. The van der Waals surface area contributed by atoms with Crippen molar-refractivity contribution in [2.75, 3.05) is 11.9 Å². The SMILES string of the molecule is CN(c1nc2ccccc2[nH]1)c1ccccc1F. The van der Waals surface area contributed by atoms with Gasteiger partial charge in [-0.15, -0.1) is 0 Å². The number of aromatic nitrogens is 2. The van der Waals surface area contributed by atoms with Crippen molar-refractivity contribution in [3.63, 3.8) is 0 Å². The maximum atomic E-state index is 13.7. The fraction of sp³-hybridized carbons (Fsp3) is 0.0714. The summed E-state index contributed by atoms with van der Waals surface area (Å²) < 4.78 is 13.7. The number of hydrogen-bond donors (Lipinski definition) is 1. The Kier molecular flexibility index (Phi) is 2.48. The molecule has 0 aliphatic heterocycles. The molecule has 90 valence electrons. The lowest BCUT2D eigenvalue weighted by Gasteiger charge is -2.16. The highest BCUT2D eigenvalue weighted by molar-refractivity contribution is 5.78. The number of H-pyrrole nitrogens is 1. The Morgan fingerprint density at radius 3 is 2.56 bits per heavy atom. The molecular formula is C14H12FN3. The number of fused-ring (bicyclic) bond motifs is 1. The van der Waals surface area contributed by atoms with Crippen molar-refractivity contribution in [1.82, 2.24) is 9.97 Å². The summed E-state index contributed by atoms with van der Waals surface area (Å²) in [5, 5.41) is 0. The van der Waals surface area contributed by atoms with E-state index < -0.39 is 0 Å². The highest BCUT2D eigenvalue weighted by atomic mass is 19.1. The van der Waals surface area contributed by atoms with Crippen LogP contribution in [-0.2, 0) is 0 Å². The molecule has 0 bridgehead atoms. The first-order valence-corrected chi connectivity index (χ1v) is 5.69.